The average Bonchev–Trinajstić information content (AvgIpc) is 3.89. The number of oxime groups is 1. The number of fused-ring (bicyclic) bond motifs is 2. The van der Waals surface area contributed by atoms with E-state index in [2.05, 4.69) is 16.6 Å². The first-order valence-electron chi connectivity index (χ1n) is 16.9. The van der Waals surface area contributed by atoms with Crippen LogP contribution in [0.3, 0.4) is 0 Å². The number of carbonyl (C=O) groups excluding carboxylic acids is 1. The summed E-state index contributed by atoms with van der Waals surface area (Å²) in [6.45, 7) is 6.65. The summed E-state index contributed by atoms with van der Waals surface area (Å²) in [5.41, 5.74) is -0.363. The lowest BCUT2D eigenvalue weighted by molar-refractivity contribution is -0.255. The van der Waals surface area contributed by atoms with Crippen molar-refractivity contribution in [2.24, 2.45) is 23.5 Å². The van der Waals surface area contributed by atoms with Gasteiger partial charge in [-0.1, -0.05) is 24.6 Å². The fourth-order valence-corrected chi connectivity index (χ4v) is 8.97. The van der Waals surface area contributed by atoms with Crippen LogP contribution in [-0.4, -0.2) is 112 Å². The Bertz CT molecular complexity index is 1600. The fourth-order valence-electron chi connectivity index (χ4n) is 8.97. The molecule has 1 N–H and O–H groups in total. The number of hydrogen-bond donors (Lipinski definition) is 1. The zero-order valence-corrected chi connectivity index (χ0v) is 27.6. The van der Waals surface area contributed by atoms with Gasteiger partial charge in [-0.25, -0.2) is 9.78 Å². The van der Waals surface area contributed by atoms with Gasteiger partial charge < -0.3 is 28.9 Å². The van der Waals surface area contributed by atoms with Crippen LogP contribution in [0.15, 0.2) is 22.6 Å². The highest BCUT2D eigenvalue weighted by Gasteiger charge is 2.63. The molecular weight excluding hydrogens is 608 g/mol. The number of rotatable bonds is 8. The van der Waals surface area contributed by atoms with Gasteiger partial charge in [0.25, 0.3) is 0 Å². The Kier molecular flexibility index (Phi) is 8.75. The van der Waals surface area contributed by atoms with Gasteiger partial charge in [0.15, 0.2) is 28.6 Å². The number of nitrogens with zero attached hydrogens (tertiary/aromatic N) is 6. The maximum atomic E-state index is 14.7. The quantitative estimate of drug-likeness (QED) is 0.194. The maximum absolute atomic E-state index is 14.7. The van der Waals surface area contributed by atoms with Crippen molar-refractivity contribution in [3.8, 4) is 5.88 Å². The molecule has 2 aliphatic carbocycles. The minimum atomic E-state index is -0.967. The Labute approximate surface area is 273 Å². The topological polar surface area (TPSA) is 152 Å². The fraction of sp³-hybridized carbons (Fsp3) is 0.727. The molecular formula is C33H46N6O8. The van der Waals surface area contributed by atoms with Crippen LogP contribution in [0.25, 0.3) is 11.2 Å². The number of hydrogen-bond acceptors (Lipinski definition) is 12. The number of carbonyl (C=O) groups is 1. The van der Waals surface area contributed by atoms with Crippen LogP contribution in [0.5, 0.6) is 5.88 Å². The number of Topliss-reactive ketones (excluding diaryl/α,β-unsaturated/α-hetero) is 1. The molecule has 256 valence electrons. The molecule has 2 aromatic heterocycles. The first kappa shape index (κ1) is 32.4. The van der Waals surface area contributed by atoms with E-state index in [0.29, 0.717) is 69.7 Å². The molecule has 6 atom stereocenters. The summed E-state index contributed by atoms with van der Waals surface area (Å²) >= 11 is 0. The van der Waals surface area contributed by atoms with Crippen molar-refractivity contribution < 1.29 is 33.7 Å². The van der Waals surface area contributed by atoms with Crippen LogP contribution >= 0.6 is 0 Å². The van der Waals surface area contributed by atoms with Crippen molar-refractivity contribution in [2.45, 2.75) is 87.9 Å². The predicted molar refractivity (Wildman–Crippen MR) is 170 cm³/mol. The lowest BCUT2D eigenvalue weighted by Gasteiger charge is -2.52. The third-order valence-corrected chi connectivity index (χ3v) is 11.3. The maximum Gasteiger partial charge on any atom is 0.330 e. The van der Waals surface area contributed by atoms with E-state index in [1.807, 2.05) is 7.05 Å². The molecule has 3 aliphatic heterocycles. The monoisotopic (exact) mass is 654 g/mol. The summed E-state index contributed by atoms with van der Waals surface area (Å²) in [6, 6.07) is -0.406. The second kappa shape index (κ2) is 12.7. The zero-order valence-electron chi connectivity index (χ0n) is 27.6. The Hall–Kier alpha value is -3.17. The van der Waals surface area contributed by atoms with Crippen LogP contribution in [0.1, 0.15) is 69.7 Å². The first-order valence-corrected chi connectivity index (χ1v) is 16.9. The largest absolute Gasteiger partial charge is 0.467 e. The molecule has 0 amide bonds. The Morgan fingerprint density at radius 3 is 2.55 bits per heavy atom. The molecule has 7 rings (SSSR count). The van der Waals surface area contributed by atoms with E-state index in [0.717, 1.165) is 32.2 Å². The van der Waals surface area contributed by atoms with Crippen molar-refractivity contribution >= 4 is 22.7 Å². The van der Waals surface area contributed by atoms with Crippen LogP contribution in [0.4, 0.5) is 0 Å². The van der Waals surface area contributed by atoms with Crippen molar-refractivity contribution in [3.05, 3.63) is 29.0 Å². The molecule has 47 heavy (non-hydrogen) atoms. The van der Waals surface area contributed by atoms with Gasteiger partial charge >= 0.3 is 5.69 Å². The lowest BCUT2D eigenvalue weighted by atomic mass is 9.57. The van der Waals surface area contributed by atoms with Crippen LogP contribution in [-0.2, 0) is 30.8 Å². The second-order valence-corrected chi connectivity index (χ2v) is 13.6. The molecule has 2 aromatic rings. The number of ketones is 1. The van der Waals surface area contributed by atoms with Crippen molar-refractivity contribution in [1.29, 1.82) is 0 Å². The summed E-state index contributed by atoms with van der Waals surface area (Å²) < 4.78 is 33.7. The molecule has 5 heterocycles. The standard InChI is InChI=1S/C33H46N6O8/c1-5-22(25-23(43-4)10-15-37(25)2)47-30-26-29(39(31(41)38(26)3)20-11-16-44-19-20)34-28(35-30)24(36-42)21-9-8-13-32(27(21)40)12-6-7-14-33(32)45-17-18-46-33/h5,20-23,25,42H,1,6-19H2,2-4H3/b36-24-/t20-,21?,22+,23+,25-,32+/m1/s1. The minimum absolute atomic E-state index is 0.0349. The van der Waals surface area contributed by atoms with Gasteiger partial charge in [0, 0.05) is 33.7 Å². The third-order valence-electron chi connectivity index (χ3n) is 11.3. The van der Waals surface area contributed by atoms with E-state index in [-0.39, 0.29) is 47.1 Å². The highest BCUT2D eigenvalue weighted by molar-refractivity contribution is 6.14. The van der Waals surface area contributed by atoms with E-state index in [1.54, 1.807) is 24.8 Å². The average molecular weight is 655 g/mol. The van der Waals surface area contributed by atoms with Gasteiger partial charge in [0.1, 0.15) is 11.8 Å². The predicted octanol–water partition coefficient (Wildman–Crippen LogP) is 2.59. The lowest BCUT2D eigenvalue weighted by Crippen LogP contribution is -2.60. The summed E-state index contributed by atoms with van der Waals surface area (Å²) in [6.07, 6.45) is 7.45. The SMILES string of the molecule is C=C[C@H](Oc1nc(/C(=N\O)C2CCC[C@@]3(CCCCC34OCCO4)C2=O)nc2c1n(C)c(=O)n2[C@@H]1CCOC1)[C@@H]1[C@@H](OC)CCN1C. The van der Waals surface area contributed by atoms with Crippen molar-refractivity contribution in [2.75, 3.05) is 47.1 Å². The molecule has 5 fully saturated rings. The molecule has 2 spiro atoms. The number of likely N-dealkylation sites (N-methyl/N-ethyl adjacent to an activating group) is 1. The number of methoxy groups -OCH3 is 1. The van der Waals surface area contributed by atoms with Gasteiger partial charge in [-0.2, -0.15) is 4.98 Å². The van der Waals surface area contributed by atoms with Gasteiger partial charge in [-0.05, 0) is 51.6 Å². The van der Waals surface area contributed by atoms with Gasteiger partial charge in [0.2, 0.25) is 5.88 Å². The van der Waals surface area contributed by atoms with E-state index in [4.69, 9.17) is 33.7 Å². The van der Waals surface area contributed by atoms with Crippen LogP contribution < -0.4 is 10.4 Å². The van der Waals surface area contributed by atoms with Crippen LogP contribution in [0, 0.1) is 11.3 Å². The number of aryl methyl sites for hydroxylation is 1. The van der Waals surface area contributed by atoms with Gasteiger partial charge in [-0.3, -0.25) is 18.8 Å². The first-order chi connectivity index (χ1) is 22.8. The highest BCUT2D eigenvalue weighted by Crippen LogP contribution is 2.56. The number of likely N-dealkylation sites (tertiary alicyclic amines) is 1. The van der Waals surface area contributed by atoms with E-state index in [1.165, 1.54) is 4.57 Å². The molecule has 0 aromatic carbocycles. The highest BCUT2D eigenvalue weighted by atomic mass is 16.7. The summed E-state index contributed by atoms with van der Waals surface area (Å²) in [5, 5.41) is 14.3. The molecule has 3 saturated heterocycles. The third kappa shape index (κ3) is 5.06. The minimum Gasteiger partial charge on any atom is -0.467 e. The van der Waals surface area contributed by atoms with Gasteiger partial charge in [-0.15, -0.1) is 0 Å². The Morgan fingerprint density at radius 1 is 1.09 bits per heavy atom. The summed E-state index contributed by atoms with van der Waals surface area (Å²) in [4.78, 5) is 40.3. The smallest absolute Gasteiger partial charge is 0.330 e. The van der Waals surface area contributed by atoms with E-state index in [9.17, 15) is 14.8 Å². The molecule has 0 bridgehead atoms. The second-order valence-electron chi connectivity index (χ2n) is 13.6. The Balaban J connectivity index is 1.35. The molecule has 14 nitrogen and oxygen atoms in total. The molecule has 1 unspecified atom stereocenters. The van der Waals surface area contributed by atoms with Crippen molar-refractivity contribution in [3.63, 3.8) is 0 Å². The number of aromatic nitrogens is 4. The molecule has 2 saturated carbocycles. The Morgan fingerprint density at radius 2 is 1.85 bits per heavy atom. The van der Waals surface area contributed by atoms with Crippen molar-refractivity contribution in [1.82, 2.24) is 24.0 Å². The molecule has 0 radical (unpaired) electrons. The number of ether oxygens (including phenoxy) is 5. The molecule has 14 heteroatoms. The summed E-state index contributed by atoms with van der Waals surface area (Å²) in [7, 11) is 5.35. The van der Waals surface area contributed by atoms with Gasteiger partial charge in [0.05, 0.1) is 49.3 Å². The normalized spacial score (nSPS) is 32.1. The van der Waals surface area contributed by atoms with E-state index >= 15 is 0 Å². The number of imidazole rings is 1. The van der Waals surface area contributed by atoms with Crippen LogP contribution in [0.2, 0.25) is 0 Å². The molecule has 5 aliphatic rings. The zero-order chi connectivity index (χ0) is 32.9. The van der Waals surface area contributed by atoms with E-state index < -0.39 is 23.2 Å². The summed E-state index contributed by atoms with van der Waals surface area (Å²) in [5.74, 6) is -1.66.